The van der Waals surface area contributed by atoms with Crippen molar-refractivity contribution in [3.8, 4) is 0 Å². The highest BCUT2D eigenvalue weighted by molar-refractivity contribution is 5.75. The summed E-state index contributed by atoms with van der Waals surface area (Å²) in [5, 5.41) is 3.59. The summed E-state index contributed by atoms with van der Waals surface area (Å²) in [7, 11) is 0. The van der Waals surface area contributed by atoms with Gasteiger partial charge < -0.3 is 14.5 Å². The molecule has 0 spiro atoms. The van der Waals surface area contributed by atoms with E-state index in [2.05, 4.69) is 56.1 Å². The molecule has 2 aromatic rings. The topological polar surface area (TPSA) is 51.5 Å². The van der Waals surface area contributed by atoms with Gasteiger partial charge in [-0.3, -0.25) is 4.79 Å². The van der Waals surface area contributed by atoms with E-state index in [-0.39, 0.29) is 29.3 Å². The first kappa shape index (κ1) is 22.5. The number of carbonyl (C=O) groups is 1. The van der Waals surface area contributed by atoms with Crippen LogP contribution < -0.4 is 5.32 Å². The first-order valence-corrected chi connectivity index (χ1v) is 12.6. The van der Waals surface area contributed by atoms with Crippen LogP contribution in [0.1, 0.15) is 68.3 Å². The van der Waals surface area contributed by atoms with E-state index in [1.165, 1.54) is 29.5 Å². The Balaban J connectivity index is 1.21. The van der Waals surface area contributed by atoms with Gasteiger partial charge in [-0.25, -0.2) is 0 Å². The van der Waals surface area contributed by atoms with Crippen LogP contribution in [0.15, 0.2) is 59.2 Å². The molecule has 0 bridgehead atoms. The first-order valence-electron chi connectivity index (χ1n) is 12.6. The van der Waals surface area contributed by atoms with Gasteiger partial charge in [-0.05, 0) is 81.0 Å². The van der Waals surface area contributed by atoms with E-state index in [0.29, 0.717) is 18.4 Å². The van der Waals surface area contributed by atoms with E-state index >= 15 is 0 Å². The van der Waals surface area contributed by atoms with E-state index in [9.17, 15) is 4.79 Å². The summed E-state index contributed by atoms with van der Waals surface area (Å²) in [5.74, 6) is 1.99. The highest BCUT2D eigenvalue weighted by Gasteiger charge is 2.54. The van der Waals surface area contributed by atoms with E-state index in [1.807, 2.05) is 6.07 Å². The third-order valence-electron chi connectivity index (χ3n) is 8.66. The molecule has 33 heavy (non-hydrogen) atoms. The average Bonchev–Trinajstić information content (AvgIpc) is 3.41. The molecule has 0 radical (unpaired) electrons. The first-order chi connectivity index (χ1) is 15.9. The summed E-state index contributed by atoms with van der Waals surface area (Å²) in [6.45, 7) is 10.4. The second-order valence-corrected chi connectivity index (χ2v) is 10.9. The number of furan rings is 1. The molecule has 1 aromatic carbocycles. The van der Waals surface area contributed by atoms with Gasteiger partial charge in [-0.2, -0.15) is 0 Å². The molecule has 6 atom stereocenters. The Kier molecular flexibility index (Phi) is 6.22. The van der Waals surface area contributed by atoms with E-state index < -0.39 is 0 Å². The van der Waals surface area contributed by atoms with Crippen LogP contribution in [-0.4, -0.2) is 25.2 Å². The fourth-order valence-electron chi connectivity index (χ4n) is 6.75. The van der Waals surface area contributed by atoms with Gasteiger partial charge in [0.25, 0.3) is 0 Å². The van der Waals surface area contributed by atoms with Crippen molar-refractivity contribution in [2.75, 3.05) is 13.1 Å². The molecule has 0 unspecified atom stereocenters. The van der Waals surface area contributed by atoms with Crippen molar-refractivity contribution in [2.45, 2.75) is 64.4 Å². The second kappa shape index (κ2) is 9.13. The summed E-state index contributed by atoms with van der Waals surface area (Å²) in [6, 6.07) is 12.7. The standard InChI is InChI=1S/C29H37NO3/c1-19-8-10-21(11-9-19)22(26-7-5-15-32-26)12-14-30-18-24-23-16-25-20(2)6-4-13-29(25,3)17-27(23)33-28(24)31/h5,7-11,15,22-25,27,30H,2,4,6,12-14,16-18H2,1,3H3/t22-,23-,24-,25+,27-,29-/m1/s1. The normalized spacial score (nSPS) is 32.2. The number of ether oxygens (including phenoxy) is 1. The van der Waals surface area contributed by atoms with Crippen molar-refractivity contribution in [2.24, 2.45) is 23.2 Å². The smallest absolute Gasteiger partial charge is 0.310 e. The summed E-state index contributed by atoms with van der Waals surface area (Å²) >= 11 is 0. The number of carbonyl (C=O) groups excluding carboxylic acids is 1. The Morgan fingerprint density at radius 1 is 1.24 bits per heavy atom. The summed E-state index contributed by atoms with van der Waals surface area (Å²) in [6.07, 6.45) is 8.39. The molecule has 1 aliphatic heterocycles. The van der Waals surface area contributed by atoms with Crippen molar-refractivity contribution >= 4 is 5.97 Å². The lowest BCUT2D eigenvalue weighted by Crippen LogP contribution is -2.45. The predicted octanol–water partition coefficient (Wildman–Crippen LogP) is 6.01. The molecule has 0 amide bonds. The summed E-state index contributed by atoms with van der Waals surface area (Å²) < 4.78 is 11.7. The maximum absolute atomic E-state index is 12.8. The van der Waals surface area contributed by atoms with Gasteiger partial charge in [0.1, 0.15) is 11.9 Å². The number of allylic oxidation sites excluding steroid dienone is 1. The minimum Gasteiger partial charge on any atom is -0.469 e. The van der Waals surface area contributed by atoms with Gasteiger partial charge >= 0.3 is 5.97 Å². The molecule has 4 heteroatoms. The van der Waals surface area contributed by atoms with Crippen LogP contribution in [0.2, 0.25) is 0 Å². The van der Waals surface area contributed by atoms with Crippen LogP contribution >= 0.6 is 0 Å². The number of fused-ring (bicyclic) bond motifs is 2. The predicted molar refractivity (Wildman–Crippen MR) is 130 cm³/mol. The van der Waals surface area contributed by atoms with Crippen LogP contribution in [0, 0.1) is 30.1 Å². The van der Waals surface area contributed by atoms with Gasteiger partial charge in [0.2, 0.25) is 0 Å². The molecule has 1 N–H and O–H groups in total. The van der Waals surface area contributed by atoms with Crippen LogP contribution in [0.25, 0.3) is 0 Å². The molecule has 2 saturated carbocycles. The maximum Gasteiger partial charge on any atom is 0.310 e. The van der Waals surface area contributed by atoms with Gasteiger partial charge in [0, 0.05) is 18.4 Å². The molecule has 3 fully saturated rings. The van der Waals surface area contributed by atoms with E-state index in [0.717, 1.165) is 38.0 Å². The fourth-order valence-corrected chi connectivity index (χ4v) is 6.75. The Morgan fingerprint density at radius 3 is 2.82 bits per heavy atom. The lowest BCUT2D eigenvalue weighted by molar-refractivity contribution is -0.146. The minimum absolute atomic E-state index is 0.00789. The third-order valence-corrected chi connectivity index (χ3v) is 8.66. The molecule has 4 nitrogen and oxygen atoms in total. The van der Waals surface area contributed by atoms with Crippen molar-refractivity contribution in [3.05, 3.63) is 71.7 Å². The lowest BCUT2D eigenvalue weighted by Gasteiger charge is -2.50. The van der Waals surface area contributed by atoms with Crippen LogP contribution in [0.3, 0.4) is 0 Å². The van der Waals surface area contributed by atoms with Gasteiger partial charge in [0.15, 0.2) is 0 Å². The largest absolute Gasteiger partial charge is 0.469 e. The zero-order chi connectivity index (χ0) is 23.0. The van der Waals surface area contributed by atoms with Crippen LogP contribution in [0.4, 0.5) is 0 Å². The molecule has 2 aliphatic carbocycles. The summed E-state index contributed by atoms with van der Waals surface area (Å²) in [5.41, 5.74) is 4.17. The molecule has 176 valence electrons. The molecular weight excluding hydrogens is 410 g/mol. The van der Waals surface area contributed by atoms with Crippen molar-refractivity contribution in [1.82, 2.24) is 5.32 Å². The van der Waals surface area contributed by atoms with E-state index in [1.54, 1.807) is 6.26 Å². The fraction of sp³-hybridized carbons (Fsp3) is 0.552. The van der Waals surface area contributed by atoms with E-state index in [4.69, 9.17) is 9.15 Å². The summed E-state index contributed by atoms with van der Waals surface area (Å²) in [4.78, 5) is 12.8. The Hall–Kier alpha value is -2.33. The van der Waals surface area contributed by atoms with Crippen LogP contribution in [-0.2, 0) is 9.53 Å². The highest BCUT2D eigenvalue weighted by atomic mass is 16.6. The Labute approximate surface area is 197 Å². The monoisotopic (exact) mass is 447 g/mol. The minimum atomic E-state index is -0.0456. The molecule has 5 rings (SSSR count). The Morgan fingerprint density at radius 2 is 2.06 bits per heavy atom. The molecule has 1 aromatic heterocycles. The maximum atomic E-state index is 12.8. The zero-order valence-corrected chi connectivity index (χ0v) is 20.0. The number of esters is 1. The number of aryl methyl sites for hydroxylation is 1. The average molecular weight is 448 g/mol. The molecule has 3 aliphatic rings. The SMILES string of the molecule is C=C1CCC[C@]2(C)C[C@H]3OC(=O)[C@H](CNCC[C@H](c4ccc(C)cc4)c4ccco4)[C@H]3C[C@@H]12. The molecule has 2 heterocycles. The number of nitrogens with one attached hydrogen (secondary N) is 1. The number of rotatable bonds is 7. The second-order valence-electron chi connectivity index (χ2n) is 10.9. The Bertz CT molecular complexity index is 979. The number of benzene rings is 1. The lowest BCUT2D eigenvalue weighted by atomic mass is 9.55. The van der Waals surface area contributed by atoms with Gasteiger partial charge in [-0.15, -0.1) is 0 Å². The number of hydrogen-bond donors (Lipinski definition) is 1. The highest BCUT2D eigenvalue weighted by Crippen LogP contribution is 2.56. The number of hydrogen-bond acceptors (Lipinski definition) is 4. The molecular formula is C29H37NO3. The quantitative estimate of drug-likeness (QED) is 0.321. The zero-order valence-electron chi connectivity index (χ0n) is 20.0. The molecule has 1 saturated heterocycles. The van der Waals surface area contributed by atoms with Gasteiger partial charge in [-0.1, -0.05) is 48.9 Å². The van der Waals surface area contributed by atoms with Crippen molar-refractivity contribution in [1.29, 1.82) is 0 Å². The van der Waals surface area contributed by atoms with Crippen LogP contribution in [0.5, 0.6) is 0 Å². The van der Waals surface area contributed by atoms with Crippen molar-refractivity contribution in [3.63, 3.8) is 0 Å². The third kappa shape index (κ3) is 4.42. The van der Waals surface area contributed by atoms with Crippen molar-refractivity contribution < 1.29 is 13.9 Å². The van der Waals surface area contributed by atoms with Gasteiger partial charge in [0.05, 0.1) is 12.2 Å².